The maximum atomic E-state index is 13.2. The van der Waals surface area contributed by atoms with Gasteiger partial charge in [0.1, 0.15) is 10.8 Å². The number of pyridine rings is 1. The fourth-order valence-corrected chi connectivity index (χ4v) is 4.79. The van der Waals surface area contributed by atoms with Gasteiger partial charge in [0.05, 0.1) is 20.7 Å². The molecule has 3 aromatic rings. The number of nitrogens with one attached hydrogen (secondary N) is 3. The van der Waals surface area contributed by atoms with Crippen LogP contribution in [0.15, 0.2) is 49.9 Å². The zero-order chi connectivity index (χ0) is 23.6. The van der Waals surface area contributed by atoms with E-state index in [2.05, 4.69) is 68.9 Å². The number of rotatable bonds is 4. The Labute approximate surface area is 217 Å². The van der Waals surface area contributed by atoms with Gasteiger partial charge in [-0.25, -0.2) is 4.98 Å². The number of carbonyl (C=O) groups is 3. The molecule has 13 heteroatoms. The van der Waals surface area contributed by atoms with Gasteiger partial charge in [-0.15, -0.1) is 0 Å². The molecule has 3 amide bonds. The van der Waals surface area contributed by atoms with E-state index in [-0.39, 0.29) is 32.9 Å². The zero-order valence-corrected chi connectivity index (χ0v) is 22.2. The number of nitrogens with zero attached hydrogens (tertiary/aromatic N) is 2. The Kier molecular flexibility index (Phi) is 7.99. The van der Waals surface area contributed by atoms with Crippen molar-refractivity contribution in [2.75, 3.05) is 5.32 Å². The van der Waals surface area contributed by atoms with Gasteiger partial charge in [0.2, 0.25) is 5.91 Å². The lowest BCUT2D eigenvalue weighted by Crippen LogP contribution is -2.40. The lowest BCUT2D eigenvalue weighted by atomic mass is 10.1. The van der Waals surface area contributed by atoms with Gasteiger partial charge >= 0.3 is 0 Å². The third-order valence-electron chi connectivity index (χ3n) is 3.97. The Bertz CT molecular complexity index is 1250. The van der Waals surface area contributed by atoms with E-state index in [1.807, 2.05) is 0 Å². The van der Waals surface area contributed by atoms with E-state index in [9.17, 15) is 14.4 Å². The average molecular weight is 669 g/mol. The Morgan fingerprint density at radius 3 is 2.38 bits per heavy atom. The maximum Gasteiger partial charge on any atom is 0.272 e. The van der Waals surface area contributed by atoms with Crippen LogP contribution in [0.1, 0.15) is 27.8 Å². The van der Waals surface area contributed by atoms with Crippen molar-refractivity contribution < 1.29 is 14.4 Å². The molecule has 0 radical (unpaired) electrons. The van der Waals surface area contributed by atoms with Gasteiger partial charge in [0.25, 0.3) is 11.8 Å². The number of amides is 3. The number of hydrogen-bond donors (Lipinski definition) is 3. The van der Waals surface area contributed by atoms with Crippen LogP contribution in [0.2, 0.25) is 10.2 Å². The highest BCUT2D eigenvalue weighted by molar-refractivity contribution is 9.11. The third-order valence-corrected chi connectivity index (χ3v) is 6.56. The maximum absolute atomic E-state index is 13.2. The van der Waals surface area contributed by atoms with Crippen LogP contribution in [0.5, 0.6) is 0 Å². The first-order valence-corrected chi connectivity index (χ1v) is 11.8. The van der Waals surface area contributed by atoms with E-state index >= 15 is 0 Å². The Morgan fingerprint density at radius 2 is 1.72 bits per heavy atom. The summed E-state index contributed by atoms with van der Waals surface area (Å²) in [5, 5.41) is 3.18. The minimum atomic E-state index is -0.639. The molecule has 0 aliphatic rings. The molecule has 0 spiro atoms. The van der Waals surface area contributed by atoms with Crippen LogP contribution in [0, 0.1) is 0 Å². The van der Waals surface area contributed by atoms with Gasteiger partial charge in [-0.3, -0.25) is 29.8 Å². The molecular weight excluding hydrogens is 657 g/mol. The molecule has 166 valence electrons. The summed E-state index contributed by atoms with van der Waals surface area (Å²) >= 11 is 22.6. The summed E-state index contributed by atoms with van der Waals surface area (Å²) in [4.78, 5) is 41.2. The lowest BCUT2D eigenvalue weighted by Gasteiger charge is -2.15. The highest BCUT2D eigenvalue weighted by atomic mass is 79.9. The zero-order valence-electron chi connectivity index (χ0n) is 16.0. The summed E-state index contributed by atoms with van der Waals surface area (Å²) in [6.07, 6.45) is 1.52. The highest BCUT2D eigenvalue weighted by Crippen LogP contribution is 2.34. The number of aromatic nitrogens is 2. The van der Waals surface area contributed by atoms with E-state index < -0.39 is 17.7 Å². The standard InChI is InChI=1S/C19H12Br3Cl2N5O3/c1-8(30)27-28-18(31)10-5-9(20)6-11(21)15(10)26-19(32)14-7-12(22)16(24)29(14)17-13(23)3-2-4-25-17/h2-7H,1H3,(H,26,32)(H,27,30)(H,28,31). The van der Waals surface area contributed by atoms with Crippen molar-refractivity contribution in [2.45, 2.75) is 6.92 Å². The summed E-state index contributed by atoms with van der Waals surface area (Å²) in [5.74, 6) is -1.42. The number of halogens is 5. The van der Waals surface area contributed by atoms with Crippen molar-refractivity contribution >= 4 is 94.4 Å². The molecule has 0 aliphatic carbocycles. The first-order chi connectivity index (χ1) is 15.1. The smallest absolute Gasteiger partial charge is 0.272 e. The average Bonchev–Trinajstić information content (AvgIpc) is 3.03. The molecule has 0 fully saturated rings. The fourth-order valence-electron chi connectivity index (χ4n) is 2.64. The quantitative estimate of drug-likeness (QED) is 0.320. The highest BCUT2D eigenvalue weighted by Gasteiger charge is 2.24. The number of benzene rings is 1. The predicted molar refractivity (Wildman–Crippen MR) is 132 cm³/mol. The van der Waals surface area contributed by atoms with Gasteiger partial charge in [0, 0.05) is 22.1 Å². The van der Waals surface area contributed by atoms with E-state index in [1.165, 1.54) is 29.8 Å². The van der Waals surface area contributed by atoms with Gasteiger partial charge in [0.15, 0.2) is 5.82 Å². The molecule has 0 unspecified atom stereocenters. The Balaban J connectivity index is 2.04. The second kappa shape index (κ2) is 10.3. The van der Waals surface area contributed by atoms with Crippen molar-refractivity contribution in [1.29, 1.82) is 0 Å². The summed E-state index contributed by atoms with van der Waals surface area (Å²) in [6.45, 7) is 1.25. The van der Waals surface area contributed by atoms with E-state index in [0.717, 1.165) is 0 Å². The van der Waals surface area contributed by atoms with Crippen LogP contribution in [0.4, 0.5) is 5.69 Å². The number of hydrogen-bond acceptors (Lipinski definition) is 4. The molecule has 2 heterocycles. The van der Waals surface area contributed by atoms with Crippen molar-refractivity contribution in [2.24, 2.45) is 0 Å². The first-order valence-electron chi connectivity index (χ1n) is 8.65. The number of carbonyl (C=O) groups excluding carboxylic acids is 3. The second-order valence-electron chi connectivity index (χ2n) is 6.21. The molecular formula is C19H12Br3Cl2N5O3. The lowest BCUT2D eigenvalue weighted by molar-refractivity contribution is -0.119. The van der Waals surface area contributed by atoms with Crippen LogP contribution in [-0.4, -0.2) is 27.3 Å². The van der Waals surface area contributed by atoms with Crippen LogP contribution in [0.25, 0.3) is 5.82 Å². The normalized spacial score (nSPS) is 10.6. The molecule has 0 aliphatic heterocycles. The molecule has 3 N–H and O–H groups in total. The molecule has 32 heavy (non-hydrogen) atoms. The van der Waals surface area contributed by atoms with Crippen LogP contribution in [0.3, 0.4) is 0 Å². The van der Waals surface area contributed by atoms with Crippen LogP contribution in [-0.2, 0) is 4.79 Å². The predicted octanol–water partition coefficient (Wildman–Crippen LogP) is 5.50. The molecule has 3 rings (SSSR count). The monoisotopic (exact) mass is 665 g/mol. The van der Waals surface area contributed by atoms with Gasteiger partial charge in [-0.05, 0) is 62.2 Å². The summed E-state index contributed by atoms with van der Waals surface area (Å²) in [6, 6.07) is 7.92. The van der Waals surface area contributed by atoms with Gasteiger partial charge in [-0.2, -0.15) is 0 Å². The van der Waals surface area contributed by atoms with E-state index in [0.29, 0.717) is 13.4 Å². The molecule has 2 aromatic heterocycles. The third kappa shape index (κ3) is 5.34. The van der Waals surface area contributed by atoms with Gasteiger partial charge < -0.3 is 5.32 Å². The van der Waals surface area contributed by atoms with Crippen LogP contribution < -0.4 is 16.2 Å². The Hall–Kier alpha value is -1.92. The number of hydrazine groups is 1. The van der Waals surface area contributed by atoms with E-state index in [4.69, 9.17) is 23.2 Å². The van der Waals surface area contributed by atoms with Crippen molar-refractivity contribution in [1.82, 2.24) is 20.4 Å². The fraction of sp³-hybridized carbons (Fsp3) is 0.0526. The number of anilines is 1. The molecule has 0 saturated carbocycles. The molecule has 0 bridgehead atoms. The second-order valence-corrected chi connectivity index (χ2v) is 9.60. The molecule has 1 aromatic carbocycles. The summed E-state index contributed by atoms with van der Waals surface area (Å²) in [7, 11) is 0. The first kappa shape index (κ1) is 24.7. The topological polar surface area (TPSA) is 105 Å². The molecule has 0 saturated heterocycles. The molecule has 0 atom stereocenters. The minimum Gasteiger partial charge on any atom is -0.319 e. The summed E-state index contributed by atoms with van der Waals surface area (Å²) < 4.78 is 2.83. The van der Waals surface area contributed by atoms with Gasteiger partial charge in [-0.1, -0.05) is 39.1 Å². The van der Waals surface area contributed by atoms with Crippen LogP contribution >= 0.6 is 71.0 Å². The van der Waals surface area contributed by atoms with Crippen molar-refractivity contribution in [3.63, 3.8) is 0 Å². The Morgan fingerprint density at radius 1 is 1.00 bits per heavy atom. The largest absolute Gasteiger partial charge is 0.319 e. The van der Waals surface area contributed by atoms with Crippen molar-refractivity contribution in [3.05, 3.63) is 71.4 Å². The SMILES string of the molecule is CC(=O)NNC(=O)c1cc(Br)cc(Br)c1NC(=O)c1cc(Br)c(Cl)n1-c1ncccc1Cl. The molecule has 8 nitrogen and oxygen atoms in total. The minimum absolute atomic E-state index is 0.0903. The van der Waals surface area contributed by atoms with Crippen molar-refractivity contribution in [3.8, 4) is 5.82 Å². The van der Waals surface area contributed by atoms with E-state index in [1.54, 1.807) is 18.2 Å². The summed E-state index contributed by atoms with van der Waals surface area (Å²) in [5.41, 5.74) is 4.86.